The average Bonchev–Trinajstić information content (AvgIpc) is 2.49. The maximum absolute atomic E-state index is 12.1. The Bertz CT molecular complexity index is 507. The van der Waals surface area contributed by atoms with Crippen molar-refractivity contribution in [3.8, 4) is 0 Å². The maximum atomic E-state index is 12.1. The summed E-state index contributed by atoms with van der Waals surface area (Å²) in [6.07, 6.45) is 0.766. The second-order valence-corrected chi connectivity index (χ2v) is 5.95. The highest BCUT2D eigenvalue weighted by molar-refractivity contribution is 7.89. The third-order valence-electron chi connectivity index (χ3n) is 2.46. The second kappa shape index (κ2) is 5.79. The van der Waals surface area contributed by atoms with E-state index in [1.807, 2.05) is 0 Å². The van der Waals surface area contributed by atoms with Crippen molar-refractivity contribution < 1.29 is 8.42 Å². The lowest BCUT2D eigenvalue weighted by molar-refractivity contribution is 0.363. The number of aromatic nitrogens is 2. The number of hydrazine groups is 1. The van der Waals surface area contributed by atoms with Crippen molar-refractivity contribution in [3.63, 3.8) is 0 Å². The van der Waals surface area contributed by atoms with E-state index >= 15 is 0 Å². The molecule has 1 heterocycles. The smallest absolute Gasteiger partial charge is 0.257 e. The maximum Gasteiger partial charge on any atom is 0.257 e. The van der Waals surface area contributed by atoms with Crippen LogP contribution in [-0.4, -0.2) is 43.8 Å². The fourth-order valence-electron chi connectivity index (χ4n) is 1.81. The zero-order chi connectivity index (χ0) is 13.9. The molecule has 0 fully saturated rings. The molecule has 0 amide bonds. The van der Waals surface area contributed by atoms with Crippen LogP contribution in [0.15, 0.2) is 4.90 Å². The van der Waals surface area contributed by atoms with Crippen molar-refractivity contribution in [1.29, 1.82) is 0 Å². The molecule has 0 saturated heterocycles. The number of nitrogens with one attached hydrogen (secondary N) is 1. The summed E-state index contributed by atoms with van der Waals surface area (Å²) in [7, 11) is -0.312. The summed E-state index contributed by atoms with van der Waals surface area (Å²) in [6.45, 7) is 4.62. The number of aryl methyl sites for hydroxylation is 2. The van der Waals surface area contributed by atoms with Crippen molar-refractivity contribution in [1.82, 2.24) is 19.6 Å². The molecule has 0 bridgehead atoms. The quantitative estimate of drug-likeness (QED) is 0.689. The zero-order valence-corrected chi connectivity index (χ0v) is 12.1. The molecule has 1 rings (SSSR count). The van der Waals surface area contributed by atoms with Crippen molar-refractivity contribution in [2.24, 2.45) is 5.73 Å². The number of hydrogen-bond acceptors (Lipinski definition) is 5. The van der Waals surface area contributed by atoms with Crippen LogP contribution in [0.2, 0.25) is 0 Å². The molecule has 1 aromatic rings. The van der Waals surface area contributed by atoms with Crippen LogP contribution in [0.5, 0.6) is 0 Å². The van der Waals surface area contributed by atoms with E-state index in [1.165, 1.54) is 5.01 Å². The Morgan fingerprint density at radius 3 is 2.50 bits per heavy atom. The lowest BCUT2D eigenvalue weighted by Gasteiger charge is -2.12. The standard InChI is InChI=1S/C10H21N5O2S/c1-8-10(18(16,17)13-14(3)4)9(2)15(12-8)7-5-6-11/h13H,5-7,11H2,1-4H3. The highest BCUT2D eigenvalue weighted by Crippen LogP contribution is 2.19. The monoisotopic (exact) mass is 275 g/mol. The number of rotatable bonds is 6. The minimum atomic E-state index is -3.56. The first-order valence-electron chi connectivity index (χ1n) is 5.73. The first-order chi connectivity index (χ1) is 8.29. The van der Waals surface area contributed by atoms with E-state index in [1.54, 1.807) is 32.6 Å². The molecule has 18 heavy (non-hydrogen) atoms. The normalized spacial score (nSPS) is 12.3. The molecule has 0 aliphatic rings. The minimum Gasteiger partial charge on any atom is -0.330 e. The summed E-state index contributed by atoms with van der Waals surface area (Å²) in [4.78, 5) is 2.66. The molecule has 3 N–H and O–H groups in total. The van der Waals surface area contributed by atoms with E-state index in [4.69, 9.17) is 5.73 Å². The Morgan fingerprint density at radius 2 is 2.00 bits per heavy atom. The van der Waals surface area contributed by atoms with Gasteiger partial charge in [-0.3, -0.25) is 4.68 Å². The van der Waals surface area contributed by atoms with Gasteiger partial charge in [-0.2, -0.15) is 5.10 Å². The van der Waals surface area contributed by atoms with Crippen molar-refractivity contribution >= 4 is 10.0 Å². The van der Waals surface area contributed by atoms with Gasteiger partial charge in [-0.15, -0.1) is 4.83 Å². The molecule has 0 spiro atoms. The summed E-state index contributed by atoms with van der Waals surface area (Å²) >= 11 is 0. The first kappa shape index (κ1) is 15.1. The molecule has 0 aliphatic heterocycles. The van der Waals surface area contributed by atoms with Crippen LogP contribution in [0.25, 0.3) is 0 Å². The lowest BCUT2D eigenvalue weighted by atomic mass is 10.4. The molecule has 7 nitrogen and oxygen atoms in total. The molecule has 0 aromatic carbocycles. The number of nitrogens with two attached hydrogens (primary N) is 1. The highest BCUT2D eigenvalue weighted by atomic mass is 32.2. The molecule has 0 aliphatic carbocycles. The van der Waals surface area contributed by atoms with Crippen LogP contribution in [0.1, 0.15) is 17.8 Å². The minimum absolute atomic E-state index is 0.244. The van der Waals surface area contributed by atoms with Gasteiger partial charge in [0.05, 0.1) is 11.4 Å². The molecular weight excluding hydrogens is 254 g/mol. The second-order valence-electron chi connectivity index (χ2n) is 4.35. The zero-order valence-electron chi connectivity index (χ0n) is 11.3. The number of sulfonamides is 1. The fraction of sp³-hybridized carbons (Fsp3) is 0.700. The van der Waals surface area contributed by atoms with Gasteiger partial charge in [0.25, 0.3) is 10.0 Å². The largest absolute Gasteiger partial charge is 0.330 e. The van der Waals surface area contributed by atoms with Crippen LogP contribution in [0, 0.1) is 13.8 Å². The van der Waals surface area contributed by atoms with Gasteiger partial charge < -0.3 is 5.73 Å². The summed E-state index contributed by atoms with van der Waals surface area (Å²) < 4.78 is 26.0. The van der Waals surface area contributed by atoms with E-state index in [9.17, 15) is 8.42 Å². The summed E-state index contributed by atoms with van der Waals surface area (Å²) in [5, 5.41) is 5.64. The van der Waals surface area contributed by atoms with Gasteiger partial charge in [-0.25, -0.2) is 13.4 Å². The van der Waals surface area contributed by atoms with Gasteiger partial charge in [0.15, 0.2) is 0 Å². The van der Waals surface area contributed by atoms with Gasteiger partial charge in [-0.1, -0.05) is 0 Å². The Labute approximate surface area is 108 Å². The van der Waals surface area contributed by atoms with Crippen LogP contribution < -0.4 is 10.6 Å². The molecule has 0 radical (unpaired) electrons. The lowest BCUT2D eigenvalue weighted by Crippen LogP contribution is -2.36. The number of nitrogens with zero attached hydrogens (tertiary/aromatic N) is 3. The molecular formula is C10H21N5O2S. The first-order valence-corrected chi connectivity index (χ1v) is 7.21. The van der Waals surface area contributed by atoms with E-state index in [2.05, 4.69) is 9.93 Å². The van der Waals surface area contributed by atoms with Crippen molar-refractivity contribution in [3.05, 3.63) is 11.4 Å². The Balaban J connectivity index is 3.13. The molecule has 1 aromatic heterocycles. The van der Waals surface area contributed by atoms with Gasteiger partial charge in [0.2, 0.25) is 0 Å². The fourth-order valence-corrected chi connectivity index (χ4v) is 3.31. The predicted octanol–water partition coefficient (Wildman–Crippen LogP) is -0.396. The third-order valence-corrected chi connectivity index (χ3v) is 4.19. The van der Waals surface area contributed by atoms with Gasteiger partial charge in [0, 0.05) is 20.6 Å². The van der Waals surface area contributed by atoms with Gasteiger partial charge >= 0.3 is 0 Å². The third kappa shape index (κ3) is 3.29. The van der Waals surface area contributed by atoms with Gasteiger partial charge in [0.1, 0.15) is 4.90 Å². The van der Waals surface area contributed by atoms with Crippen molar-refractivity contribution in [2.75, 3.05) is 20.6 Å². The highest BCUT2D eigenvalue weighted by Gasteiger charge is 2.24. The molecule has 8 heteroatoms. The predicted molar refractivity (Wildman–Crippen MR) is 69.4 cm³/mol. The Kier molecular flexibility index (Phi) is 4.85. The summed E-state index contributed by atoms with van der Waals surface area (Å²) in [5.74, 6) is 0. The Morgan fingerprint density at radius 1 is 1.39 bits per heavy atom. The van der Waals surface area contributed by atoms with E-state index < -0.39 is 10.0 Å². The van der Waals surface area contributed by atoms with E-state index in [0.717, 1.165) is 6.42 Å². The van der Waals surface area contributed by atoms with Crippen LogP contribution in [0.3, 0.4) is 0 Å². The van der Waals surface area contributed by atoms with Crippen molar-refractivity contribution in [2.45, 2.75) is 31.7 Å². The van der Waals surface area contributed by atoms with Crippen LogP contribution in [-0.2, 0) is 16.6 Å². The number of hydrogen-bond donors (Lipinski definition) is 2. The van der Waals surface area contributed by atoms with Crippen LogP contribution >= 0.6 is 0 Å². The SMILES string of the molecule is Cc1nn(CCCN)c(C)c1S(=O)(=O)NN(C)C. The average molecular weight is 275 g/mol. The van der Waals surface area contributed by atoms with Gasteiger partial charge in [-0.05, 0) is 26.8 Å². The molecule has 104 valence electrons. The molecule has 0 saturated carbocycles. The molecule has 0 unspecified atom stereocenters. The van der Waals surface area contributed by atoms with E-state index in [-0.39, 0.29) is 4.90 Å². The molecule has 0 atom stereocenters. The van der Waals surface area contributed by atoms with Crippen LogP contribution in [0.4, 0.5) is 0 Å². The Hall–Kier alpha value is -0.960. The van der Waals surface area contributed by atoms with E-state index in [0.29, 0.717) is 24.5 Å². The summed E-state index contributed by atoms with van der Waals surface area (Å²) in [6, 6.07) is 0. The topological polar surface area (TPSA) is 93.2 Å². The summed E-state index contributed by atoms with van der Waals surface area (Å²) in [5.41, 5.74) is 6.58.